The molecule has 1 aromatic carbocycles. The number of hydrazone groups is 1. The second-order valence-electron chi connectivity index (χ2n) is 6.01. The highest BCUT2D eigenvalue weighted by molar-refractivity contribution is 6.40. The molecule has 3 N–H and O–H groups in total. The number of primary amides is 1. The normalized spacial score (nSPS) is 17.9. The lowest BCUT2D eigenvalue weighted by Crippen LogP contribution is -2.41. The lowest BCUT2D eigenvalue weighted by molar-refractivity contribution is -0.119. The van der Waals surface area contributed by atoms with Crippen LogP contribution in [0.3, 0.4) is 0 Å². The largest absolute Gasteiger partial charge is 0.469 e. The Balaban J connectivity index is 1.70. The summed E-state index contributed by atoms with van der Waals surface area (Å²) in [5.74, 6) is -0.0233. The molecule has 1 aromatic heterocycles. The van der Waals surface area contributed by atoms with Crippen molar-refractivity contribution < 1.29 is 14.0 Å². The number of amides is 2. The molecule has 3 rings (SSSR count). The molecule has 130 valence electrons. The molecule has 0 bridgehead atoms. The zero-order chi connectivity index (χ0) is 17.8. The van der Waals surface area contributed by atoms with Crippen LogP contribution in [0.2, 0.25) is 0 Å². The third-order valence-electron chi connectivity index (χ3n) is 3.99. The predicted molar refractivity (Wildman–Crippen MR) is 94.0 cm³/mol. The van der Waals surface area contributed by atoms with Crippen LogP contribution >= 0.6 is 0 Å². The number of hydrogen-bond donors (Lipinski definition) is 2. The van der Waals surface area contributed by atoms with E-state index in [1.54, 1.807) is 12.3 Å². The summed E-state index contributed by atoms with van der Waals surface area (Å²) in [4.78, 5) is 24.2. The molecule has 0 unspecified atom stereocenters. The van der Waals surface area contributed by atoms with Crippen molar-refractivity contribution in [2.24, 2.45) is 10.8 Å². The molecule has 2 amide bonds. The van der Waals surface area contributed by atoms with E-state index in [0.29, 0.717) is 12.1 Å². The minimum atomic E-state index is -0.663. The minimum absolute atomic E-state index is 0.126. The van der Waals surface area contributed by atoms with Gasteiger partial charge in [0.05, 0.1) is 12.0 Å². The van der Waals surface area contributed by atoms with Gasteiger partial charge in [-0.3, -0.25) is 14.6 Å². The van der Waals surface area contributed by atoms with Gasteiger partial charge < -0.3 is 15.5 Å². The van der Waals surface area contributed by atoms with Gasteiger partial charge in [0.1, 0.15) is 17.5 Å². The van der Waals surface area contributed by atoms with Crippen molar-refractivity contribution >= 4 is 23.2 Å². The van der Waals surface area contributed by atoms with Crippen molar-refractivity contribution in [2.75, 3.05) is 5.01 Å². The first-order chi connectivity index (χ1) is 12.0. The van der Waals surface area contributed by atoms with Gasteiger partial charge in [-0.25, -0.2) is 0 Å². The summed E-state index contributed by atoms with van der Waals surface area (Å²) >= 11 is 0. The number of nitrogens with one attached hydrogen (secondary N) is 1. The number of para-hydroxylation sites is 1. The van der Waals surface area contributed by atoms with E-state index >= 15 is 0 Å². The highest BCUT2D eigenvalue weighted by Crippen LogP contribution is 2.24. The van der Waals surface area contributed by atoms with Crippen LogP contribution in [0.5, 0.6) is 0 Å². The van der Waals surface area contributed by atoms with Crippen molar-refractivity contribution in [1.82, 2.24) is 5.32 Å². The Hall–Kier alpha value is -3.09. The maximum absolute atomic E-state index is 12.5. The van der Waals surface area contributed by atoms with E-state index in [1.807, 2.05) is 43.3 Å². The van der Waals surface area contributed by atoms with E-state index in [9.17, 15) is 9.59 Å². The number of nitrogens with two attached hydrogens (primary N) is 1. The van der Waals surface area contributed by atoms with Gasteiger partial charge in [-0.05, 0) is 31.2 Å². The molecule has 1 aliphatic rings. The van der Waals surface area contributed by atoms with Crippen LogP contribution in [-0.4, -0.2) is 29.6 Å². The molecule has 2 aromatic rings. The number of furan rings is 1. The van der Waals surface area contributed by atoms with Crippen LogP contribution < -0.4 is 16.1 Å². The third-order valence-corrected chi connectivity index (χ3v) is 3.99. The quantitative estimate of drug-likeness (QED) is 0.831. The molecule has 0 aliphatic carbocycles. The predicted octanol–water partition coefficient (Wildman–Crippen LogP) is 1.45. The molecule has 0 fully saturated rings. The topological polar surface area (TPSA) is 101 Å². The highest BCUT2D eigenvalue weighted by atomic mass is 16.3. The minimum Gasteiger partial charge on any atom is -0.469 e. The molecule has 25 heavy (non-hydrogen) atoms. The van der Waals surface area contributed by atoms with Crippen molar-refractivity contribution in [1.29, 1.82) is 0 Å². The highest BCUT2D eigenvalue weighted by Gasteiger charge is 2.35. The SMILES string of the molecule is C[C@@H](Cc1ccco1)NC(=O)C1=NN(c2ccccc2)[C@@H](C(N)=O)C1. The van der Waals surface area contributed by atoms with Crippen molar-refractivity contribution in [3.05, 3.63) is 54.5 Å². The first-order valence-corrected chi connectivity index (χ1v) is 8.09. The molecule has 0 saturated carbocycles. The Kier molecular flexibility index (Phi) is 4.83. The van der Waals surface area contributed by atoms with Gasteiger partial charge in [0.15, 0.2) is 0 Å². The fraction of sp³-hybridized carbons (Fsp3) is 0.278. The van der Waals surface area contributed by atoms with Crippen molar-refractivity contribution in [3.8, 4) is 0 Å². The van der Waals surface area contributed by atoms with E-state index in [-0.39, 0.29) is 18.4 Å². The molecule has 1 aliphatic heterocycles. The van der Waals surface area contributed by atoms with Crippen LogP contribution in [0.15, 0.2) is 58.2 Å². The van der Waals surface area contributed by atoms with E-state index in [0.717, 1.165) is 11.4 Å². The monoisotopic (exact) mass is 340 g/mol. The van der Waals surface area contributed by atoms with Crippen LogP contribution in [0, 0.1) is 0 Å². The lowest BCUT2D eigenvalue weighted by Gasteiger charge is -2.20. The van der Waals surface area contributed by atoms with E-state index in [4.69, 9.17) is 10.2 Å². The van der Waals surface area contributed by atoms with Crippen LogP contribution in [0.1, 0.15) is 19.1 Å². The molecule has 7 nitrogen and oxygen atoms in total. The van der Waals surface area contributed by atoms with Gasteiger partial charge in [-0.1, -0.05) is 18.2 Å². The van der Waals surface area contributed by atoms with E-state index in [2.05, 4.69) is 10.4 Å². The number of anilines is 1. The van der Waals surface area contributed by atoms with Crippen molar-refractivity contribution in [2.45, 2.75) is 31.8 Å². The van der Waals surface area contributed by atoms with E-state index < -0.39 is 11.9 Å². The first kappa shape index (κ1) is 16.8. The molecule has 2 heterocycles. The van der Waals surface area contributed by atoms with Gasteiger partial charge in [0.2, 0.25) is 5.91 Å². The Bertz CT molecular complexity index is 771. The van der Waals surface area contributed by atoms with Gasteiger partial charge in [0.25, 0.3) is 5.91 Å². The maximum atomic E-state index is 12.5. The van der Waals surface area contributed by atoms with Gasteiger partial charge in [-0.2, -0.15) is 5.10 Å². The molecular formula is C18H20N4O3. The average Bonchev–Trinajstić information content (AvgIpc) is 3.24. The third kappa shape index (κ3) is 3.88. The Morgan fingerprint density at radius 3 is 2.72 bits per heavy atom. The molecule has 0 saturated heterocycles. The van der Waals surface area contributed by atoms with Crippen LogP contribution in [0.25, 0.3) is 0 Å². The summed E-state index contributed by atoms with van der Waals surface area (Å²) in [5.41, 5.74) is 6.49. The van der Waals surface area contributed by atoms with Gasteiger partial charge in [-0.15, -0.1) is 0 Å². The number of hydrogen-bond acceptors (Lipinski definition) is 5. The Morgan fingerprint density at radius 1 is 1.32 bits per heavy atom. The molecular weight excluding hydrogens is 320 g/mol. The Morgan fingerprint density at radius 2 is 2.08 bits per heavy atom. The van der Waals surface area contributed by atoms with Gasteiger partial charge >= 0.3 is 0 Å². The summed E-state index contributed by atoms with van der Waals surface area (Å²) in [6.07, 6.45) is 2.36. The standard InChI is InChI=1S/C18H20N4O3/c1-12(10-14-8-5-9-25-14)20-18(24)15-11-16(17(19)23)22(21-15)13-6-3-2-4-7-13/h2-9,12,16H,10-11H2,1H3,(H2,19,23)(H,20,24)/t12-,16+/m0/s1. The van der Waals surface area contributed by atoms with E-state index in [1.165, 1.54) is 5.01 Å². The summed E-state index contributed by atoms with van der Waals surface area (Å²) < 4.78 is 5.28. The average molecular weight is 340 g/mol. The molecule has 0 spiro atoms. The number of carbonyl (C=O) groups is 2. The number of nitrogens with zero attached hydrogens (tertiary/aromatic N) is 2. The smallest absolute Gasteiger partial charge is 0.267 e. The van der Waals surface area contributed by atoms with Crippen LogP contribution in [0.4, 0.5) is 5.69 Å². The maximum Gasteiger partial charge on any atom is 0.267 e. The zero-order valence-electron chi connectivity index (χ0n) is 13.9. The second-order valence-corrected chi connectivity index (χ2v) is 6.01. The fourth-order valence-electron chi connectivity index (χ4n) is 2.78. The Labute approximate surface area is 145 Å². The summed E-state index contributed by atoms with van der Waals surface area (Å²) in [6.45, 7) is 1.89. The first-order valence-electron chi connectivity index (χ1n) is 8.09. The summed E-state index contributed by atoms with van der Waals surface area (Å²) in [7, 11) is 0. The second kappa shape index (κ2) is 7.21. The van der Waals surface area contributed by atoms with Crippen molar-refractivity contribution in [3.63, 3.8) is 0 Å². The fourth-order valence-corrected chi connectivity index (χ4v) is 2.78. The number of carbonyl (C=O) groups excluding carboxylic acids is 2. The summed E-state index contributed by atoms with van der Waals surface area (Å²) in [5, 5.41) is 8.72. The zero-order valence-corrected chi connectivity index (χ0v) is 13.9. The van der Waals surface area contributed by atoms with Gasteiger partial charge in [0, 0.05) is 18.9 Å². The summed E-state index contributed by atoms with van der Waals surface area (Å²) in [6, 6.07) is 12.1. The number of benzene rings is 1. The lowest BCUT2D eigenvalue weighted by atomic mass is 10.1. The molecule has 2 atom stereocenters. The van der Waals surface area contributed by atoms with Crippen LogP contribution in [-0.2, 0) is 16.0 Å². The molecule has 0 radical (unpaired) electrons. The molecule has 7 heteroatoms. The number of rotatable bonds is 6.